The molecule has 1 aromatic heterocycles. The van der Waals surface area contributed by atoms with Crippen LogP contribution in [0.25, 0.3) is 0 Å². The minimum absolute atomic E-state index is 0.103. The average molecular weight is 348 g/mol. The fourth-order valence-corrected chi connectivity index (χ4v) is 3.71. The monoisotopic (exact) mass is 348 g/mol. The molecule has 0 spiro atoms. The second kappa shape index (κ2) is 7.13. The molecule has 0 aromatic carbocycles. The van der Waals surface area contributed by atoms with Gasteiger partial charge >= 0.3 is 5.69 Å². The van der Waals surface area contributed by atoms with Crippen LogP contribution in [-0.4, -0.2) is 86.2 Å². The van der Waals surface area contributed by atoms with Gasteiger partial charge in [-0.15, -0.1) is 0 Å². The van der Waals surface area contributed by atoms with Crippen LogP contribution in [-0.2, 0) is 0 Å². The van der Waals surface area contributed by atoms with Crippen LogP contribution in [0.15, 0.2) is 12.1 Å². The van der Waals surface area contributed by atoms with Crippen molar-refractivity contribution >= 4 is 17.3 Å². The van der Waals surface area contributed by atoms with Crippen molar-refractivity contribution in [1.29, 1.82) is 0 Å². The smallest absolute Gasteiger partial charge is 0.311 e. The van der Waals surface area contributed by atoms with E-state index in [9.17, 15) is 10.1 Å². The second-order valence-corrected chi connectivity index (χ2v) is 7.47. The van der Waals surface area contributed by atoms with Crippen LogP contribution in [0.1, 0.15) is 12.8 Å². The van der Waals surface area contributed by atoms with Gasteiger partial charge in [0.15, 0.2) is 0 Å². The Hall–Kier alpha value is -1.93. The molecule has 0 radical (unpaired) electrons. The third-order valence-corrected chi connectivity index (χ3v) is 5.45. The molecule has 1 aromatic rings. The van der Waals surface area contributed by atoms with Crippen LogP contribution < -0.4 is 9.80 Å². The molecule has 138 valence electrons. The minimum Gasteiger partial charge on any atom is -0.355 e. The largest absolute Gasteiger partial charge is 0.355 e. The predicted octanol–water partition coefficient (Wildman–Crippen LogP) is 1.27. The predicted molar refractivity (Wildman–Crippen MR) is 99.5 cm³/mol. The quantitative estimate of drug-likeness (QED) is 0.586. The standard InChI is InChI=1S/C17H28N6O2/c1-19(2)13-7-9-21(11-13)16-6-5-15(23(24)25)17(18-16)22-10-8-14(12-22)20(3)4/h5-6,13-14H,7-12H2,1-4H3/t13-,14+/m0/s1. The molecule has 2 aliphatic rings. The molecule has 0 saturated carbocycles. The molecule has 2 aliphatic heterocycles. The summed E-state index contributed by atoms with van der Waals surface area (Å²) >= 11 is 0. The van der Waals surface area contributed by atoms with E-state index in [0.717, 1.165) is 44.8 Å². The number of likely N-dealkylation sites (N-methyl/N-ethyl adjacent to an activating group) is 2. The number of nitro groups is 1. The van der Waals surface area contributed by atoms with E-state index in [2.05, 4.69) is 47.8 Å². The number of hydrogen-bond donors (Lipinski definition) is 0. The molecule has 3 heterocycles. The first kappa shape index (κ1) is 17.9. The van der Waals surface area contributed by atoms with Crippen LogP contribution in [0.4, 0.5) is 17.3 Å². The lowest BCUT2D eigenvalue weighted by Crippen LogP contribution is -2.33. The van der Waals surface area contributed by atoms with E-state index < -0.39 is 0 Å². The highest BCUT2D eigenvalue weighted by Gasteiger charge is 2.32. The lowest BCUT2D eigenvalue weighted by atomic mass is 10.2. The van der Waals surface area contributed by atoms with Gasteiger partial charge in [-0.25, -0.2) is 4.98 Å². The van der Waals surface area contributed by atoms with Gasteiger partial charge in [-0.2, -0.15) is 0 Å². The maximum Gasteiger partial charge on any atom is 0.311 e. The van der Waals surface area contributed by atoms with E-state index >= 15 is 0 Å². The highest BCUT2D eigenvalue weighted by Crippen LogP contribution is 2.33. The minimum atomic E-state index is -0.318. The van der Waals surface area contributed by atoms with E-state index in [-0.39, 0.29) is 10.6 Å². The zero-order chi connectivity index (χ0) is 18.1. The zero-order valence-electron chi connectivity index (χ0n) is 15.6. The van der Waals surface area contributed by atoms with E-state index in [4.69, 9.17) is 4.98 Å². The van der Waals surface area contributed by atoms with Crippen molar-refractivity contribution in [2.75, 3.05) is 64.2 Å². The molecule has 2 atom stereocenters. The number of aromatic nitrogens is 1. The first-order valence-electron chi connectivity index (χ1n) is 8.85. The van der Waals surface area contributed by atoms with Gasteiger partial charge in [0, 0.05) is 44.3 Å². The van der Waals surface area contributed by atoms with Gasteiger partial charge in [-0.3, -0.25) is 10.1 Å². The first-order valence-corrected chi connectivity index (χ1v) is 8.85. The number of hydrogen-bond acceptors (Lipinski definition) is 7. The van der Waals surface area contributed by atoms with Crippen LogP contribution in [0.5, 0.6) is 0 Å². The third kappa shape index (κ3) is 3.69. The first-order chi connectivity index (χ1) is 11.9. The Kier molecular flexibility index (Phi) is 5.10. The van der Waals surface area contributed by atoms with Crippen molar-refractivity contribution in [3.8, 4) is 0 Å². The summed E-state index contributed by atoms with van der Waals surface area (Å²) in [4.78, 5) is 24.6. The molecular weight excluding hydrogens is 320 g/mol. The van der Waals surface area contributed by atoms with Crippen molar-refractivity contribution < 1.29 is 4.92 Å². The van der Waals surface area contributed by atoms with Crippen molar-refractivity contribution in [3.05, 3.63) is 22.2 Å². The highest BCUT2D eigenvalue weighted by atomic mass is 16.6. The van der Waals surface area contributed by atoms with E-state index in [1.807, 2.05) is 0 Å². The molecule has 2 fully saturated rings. The molecule has 3 rings (SSSR count). The van der Waals surface area contributed by atoms with Gasteiger partial charge in [-0.1, -0.05) is 0 Å². The Morgan fingerprint density at radius 3 is 2.12 bits per heavy atom. The van der Waals surface area contributed by atoms with Crippen LogP contribution in [0.2, 0.25) is 0 Å². The van der Waals surface area contributed by atoms with Gasteiger partial charge in [0.2, 0.25) is 5.82 Å². The Labute approximate surface area is 149 Å². The number of pyridine rings is 1. The SMILES string of the molecule is CN(C)[C@@H]1CCN(c2nc(N3CC[C@H](N(C)C)C3)ccc2[N+](=O)[O-])C1. The van der Waals surface area contributed by atoms with Gasteiger partial charge in [-0.05, 0) is 47.1 Å². The van der Waals surface area contributed by atoms with Gasteiger partial charge in [0.05, 0.1) is 4.92 Å². The number of nitrogens with zero attached hydrogens (tertiary/aromatic N) is 6. The Bertz CT molecular complexity index is 636. The van der Waals surface area contributed by atoms with E-state index in [1.165, 1.54) is 0 Å². The van der Waals surface area contributed by atoms with Gasteiger partial charge in [0.25, 0.3) is 0 Å². The summed E-state index contributed by atoms with van der Waals surface area (Å²) in [6.07, 6.45) is 2.09. The normalized spacial score (nSPS) is 23.9. The summed E-state index contributed by atoms with van der Waals surface area (Å²) < 4.78 is 0. The summed E-state index contributed by atoms with van der Waals surface area (Å²) in [5.74, 6) is 1.36. The Morgan fingerprint density at radius 1 is 1.04 bits per heavy atom. The Balaban J connectivity index is 1.85. The van der Waals surface area contributed by atoms with Gasteiger partial charge < -0.3 is 19.6 Å². The summed E-state index contributed by atoms with van der Waals surface area (Å²) in [5.41, 5.74) is 0.103. The van der Waals surface area contributed by atoms with Gasteiger partial charge in [0.1, 0.15) is 5.82 Å². The second-order valence-electron chi connectivity index (χ2n) is 7.47. The molecule has 0 amide bonds. The fraction of sp³-hybridized carbons (Fsp3) is 0.706. The van der Waals surface area contributed by atoms with Crippen molar-refractivity contribution in [2.45, 2.75) is 24.9 Å². The van der Waals surface area contributed by atoms with Crippen molar-refractivity contribution in [2.24, 2.45) is 0 Å². The maximum atomic E-state index is 11.5. The molecule has 0 bridgehead atoms. The fourth-order valence-electron chi connectivity index (χ4n) is 3.71. The van der Waals surface area contributed by atoms with E-state index in [0.29, 0.717) is 17.9 Å². The number of rotatable bonds is 5. The molecule has 0 unspecified atom stereocenters. The van der Waals surface area contributed by atoms with E-state index in [1.54, 1.807) is 12.1 Å². The van der Waals surface area contributed by atoms with Crippen LogP contribution in [0, 0.1) is 10.1 Å². The molecular formula is C17H28N6O2. The topological polar surface area (TPSA) is 69.0 Å². The molecule has 0 aliphatic carbocycles. The number of anilines is 2. The molecule has 8 heteroatoms. The molecule has 2 saturated heterocycles. The maximum absolute atomic E-state index is 11.5. The Morgan fingerprint density at radius 2 is 1.60 bits per heavy atom. The molecule has 8 nitrogen and oxygen atoms in total. The van der Waals surface area contributed by atoms with Crippen LogP contribution >= 0.6 is 0 Å². The summed E-state index contributed by atoms with van der Waals surface area (Å²) in [7, 11) is 8.29. The lowest BCUT2D eigenvalue weighted by Gasteiger charge is -2.24. The highest BCUT2D eigenvalue weighted by molar-refractivity contribution is 5.63. The molecule has 25 heavy (non-hydrogen) atoms. The van der Waals surface area contributed by atoms with Crippen molar-refractivity contribution in [3.63, 3.8) is 0 Å². The summed E-state index contributed by atoms with van der Waals surface area (Å²) in [6, 6.07) is 4.32. The van der Waals surface area contributed by atoms with Crippen molar-refractivity contribution in [1.82, 2.24) is 14.8 Å². The lowest BCUT2D eigenvalue weighted by molar-refractivity contribution is -0.384. The average Bonchev–Trinajstić information content (AvgIpc) is 3.24. The van der Waals surface area contributed by atoms with Crippen LogP contribution in [0.3, 0.4) is 0 Å². The molecule has 0 N–H and O–H groups in total. The zero-order valence-corrected chi connectivity index (χ0v) is 15.6. The summed E-state index contributed by atoms with van der Waals surface area (Å²) in [6.45, 7) is 3.44. The third-order valence-electron chi connectivity index (χ3n) is 5.45. The summed E-state index contributed by atoms with van der Waals surface area (Å²) in [5, 5.41) is 11.5.